The molecule has 1 aliphatic carbocycles. The Morgan fingerprint density at radius 2 is 1.75 bits per heavy atom. The minimum Gasteiger partial charge on any atom is -0.297 e. The molecule has 0 amide bonds. The minimum absolute atomic E-state index is 0.0652. The van der Waals surface area contributed by atoms with Crippen LogP contribution in [0.15, 0.2) is 0 Å². The molecule has 0 atom stereocenters. The molecule has 16 heavy (non-hydrogen) atoms. The zero-order valence-electron chi connectivity index (χ0n) is 9.66. The summed E-state index contributed by atoms with van der Waals surface area (Å²) < 4.78 is 37.6. The number of alkyl halides is 3. The molecule has 1 aliphatic heterocycles. The van der Waals surface area contributed by atoms with Gasteiger partial charge in [-0.15, -0.1) is 11.8 Å². The molecule has 94 valence electrons. The summed E-state index contributed by atoms with van der Waals surface area (Å²) in [5.74, 6) is -0.0896. The summed E-state index contributed by atoms with van der Waals surface area (Å²) in [7, 11) is 0. The summed E-state index contributed by atoms with van der Waals surface area (Å²) in [5.41, 5.74) is 0.0652. The van der Waals surface area contributed by atoms with E-state index in [1.807, 2.05) is 0 Å². The molecule has 0 aromatic heterocycles. The Morgan fingerprint density at radius 3 is 2.12 bits per heavy atom. The third-order valence-corrected chi connectivity index (χ3v) is 5.46. The van der Waals surface area contributed by atoms with Gasteiger partial charge in [-0.05, 0) is 39.5 Å². The van der Waals surface area contributed by atoms with Crippen molar-refractivity contribution in [1.82, 2.24) is 5.32 Å². The van der Waals surface area contributed by atoms with E-state index < -0.39 is 12.1 Å². The maximum atomic E-state index is 12.5. The Labute approximate surface area is 98.5 Å². The van der Waals surface area contributed by atoms with Gasteiger partial charge in [-0.25, -0.2) is 0 Å². The summed E-state index contributed by atoms with van der Waals surface area (Å²) in [4.78, 5) is -0.0781. The van der Waals surface area contributed by atoms with Crippen LogP contribution in [0.5, 0.6) is 0 Å². The van der Waals surface area contributed by atoms with Crippen molar-refractivity contribution in [2.75, 3.05) is 5.75 Å². The molecule has 2 aliphatic rings. The third-order valence-electron chi connectivity index (χ3n) is 3.53. The smallest absolute Gasteiger partial charge is 0.297 e. The molecule has 0 aromatic carbocycles. The molecule has 0 bridgehead atoms. The Hall–Kier alpha value is 0.1000. The molecule has 2 rings (SSSR count). The van der Waals surface area contributed by atoms with Crippen molar-refractivity contribution in [3.05, 3.63) is 0 Å². The Bertz CT molecular complexity index is 267. The highest BCUT2D eigenvalue weighted by Crippen LogP contribution is 2.49. The average Bonchev–Trinajstić information content (AvgIpc) is 2.41. The molecule has 0 radical (unpaired) electrons. The molecule has 0 unspecified atom stereocenters. The average molecular weight is 253 g/mol. The largest absolute Gasteiger partial charge is 0.391 e. The van der Waals surface area contributed by atoms with Gasteiger partial charge in [0, 0.05) is 11.3 Å². The van der Waals surface area contributed by atoms with Crippen molar-refractivity contribution >= 4 is 11.8 Å². The molecule has 1 N–H and O–H groups in total. The normalized spacial score (nSPS) is 39.2. The van der Waals surface area contributed by atoms with Crippen LogP contribution in [0, 0.1) is 5.92 Å². The summed E-state index contributed by atoms with van der Waals surface area (Å²) in [6, 6.07) is 0. The maximum absolute atomic E-state index is 12.5. The highest BCUT2D eigenvalue weighted by molar-refractivity contribution is 8.00. The second-order valence-corrected chi connectivity index (χ2v) is 6.97. The van der Waals surface area contributed by atoms with Crippen LogP contribution in [0.3, 0.4) is 0 Å². The lowest BCUT2D eigenvalue weighted by molar-refractivity contribution is -0.183. The molecular weight excluding hydrogens is 235 g/mol. The van der Waals surface area contributed by atoms with Crippen molar-refractivity contribution in [3.63, 3.8) is 0 Å². The first-order valence-electron chi connectivity index (χ1n) is 5.73. The number of thioether (sulfide) groups is 1. The summed E-state index contributed by atoms with van der Waals surface area (Å²) >= 11 is 1.81. The molecule has 5 heteroatoms. The van der Waals surface area contributed by atoms with Gasteiger partial charge < -0.3 is 0 Å². The van der Waals surface area contributed by atoms with Gasteiger partial charge in [0.25, 0.3) is 0 Å². The first kappa shape index (κ1) is 12.6. The van der Waals surface area contributed by atoms with Gasteiger partial charge in [0.15, 0.2) is 0 Å². The lowest BCUT2D eigenvalue weighted by atomic mass is 9.84. The molecule has 1 heterocycles. The standard InChI is InChI=1S/C11H18F3NS/c1-9(2)7-16-10(15-9)5-3-8(4-6-10)11(12,13)14/h8,15H,3-7H2,1-2H3. The fourth-order valence-corrected chi connectivity index (χ4v) is 4.27. The van der Waals surface area contributed by atoms with Crippen LogP contribution in [-0.4, -0.2) is 22.3 Å². The lowest BCUT2D eigenvalue weighted by Gasteiger charge is -2.38. The van der Waals surface area contributed by atoms with Crippen molar-refractivity contribution in [1.29, 1.82) is 0 Å². The number of hydrogen-bond donors (Lipinski definition) is 1. The molecule has 1 saturated carbocycles. The minimum atomic E-state index is -4.00. The Kier molecular flexibility index (Phi) is 2.98. The second-order valence-electron chi connectivity index (χ2n) is 5.61. The predicted octanol–water partition coefficient (Wildman–Crippen LogP) is 3.55. The quantitative estimate of drug-likeness (QED) is 0.708. The fraction of sp³-hybridized carbons (Fsp3) is 1.00. The van der Waals surface area contributed by atoms with Crippen molar-refractivity contribution in [2.45, 2.75) is 56.1 Å². The van der Waals surface area contributed by atoms with Gasteiger partial charge >= 0.3 is 6.18 Å². The Morgan fingerprint density at radius 1 is 1.19 bits per heavy atom. The first-order chi connectivity index (χ1) is 7.23. The lowest BCUT2D eigenvalue weighted by Crippen LogP contribution is -2.49. The highest BCUT2D eigenvalue weighted by atomic mass is 32.2. The Balaban J connectivity index is 1.96. The number of halogens is 3. The van der Waals surface area contributed by atoms with E-state index in [0.717, 1.165) is 5.75 Å². The van der Waals surface area contributed by atoms with Crippen LogP contribution >= 0.6 is 11.8 Å². The van der Waals surface area contributed by atoms with Crippen LogP contribution in [0.25, 0.3) is 0 Å². The monoisotopic (exact) mass is 253 g/mol. The van der Waals surface area contributed by atoms with Gasteiger partial charge in [-0.1, -0.05) is 0 Å². The maximum Gasteiger partial charge on any atom is 0.391 e. The van der Waals surface area contributed by atoms with Crippen molar-refractivity contribution in [2.24, 2.45) is 5.92 Å². The van der Waals surface area contributed by atoms with Crippen LogP contribution in [0.2, 0.25) is 0 Å². The van der Waals surface area contributed by atoms with E-state index in [0.29, 0.717) is 12.8 Å². The highest BCUT2D eigenvalue weighted by Gasteiger charge is 2.50. The summed E-state index contributed by atoms with van der Waals surface area (Å²) in [6.45, 7) is 4.23. The predicted molar refractivity (Wildman–Crippen MR) is 60.4 cm³/mol. The molecule has 1 spiro atoms. The van der Waals surface area contributed by atoms with Crippen LogP contribution < -0.4 is 5.32 Å². The van der Waals surface area contributed by atoms with Crippen LogP contribution in [0.1, 0.15) is 39.5 Å². The van der Waals surface area contributed by atoms with Crippen LogP contribution in [-0.2, 0) is 0 Å². The van der Waals surface area contributed by atoms with E-state index in [-0.39, 0.29) is 23.3 Å². The zero-order valence-corrected chi connectivity index (χ0v) is 10.5. The number of nitrogens with one attached hydrogen (secondary N) is 1. The SMILES string of the molecule is CC1(C)CSC2(CCC(C(F)(F)F)CC2)N1. The summed E-state index contributed by atoms with van der Waals surface area (Å²) in [5, 5.41) is 3.51. The van der Waals surface area contributed by atoms with Gasteiger partial charge in [0.05, 0.1) is 10.8 Å². The van der Waals surface area contributed by atoms with Gasteiger partial charge in [-0.3, -0.25) is 5.32 Å². The van der Waals surface area contributed by atoms with E-state index in [4.69, 9.17) is 0 Å². The van der Waals surface area contributed by atoms with E-state index >= 15 is 0 Å². The first-order valence-corrected chi connectivity index (χ1v) is 6.71. The van der Waals surface area contributed by atoms with E-state index in [2.05, 4.69) is 19.2 Å². The zero-order chi connectivity index (χ0) is 12.0. The molecular formula is C11H18F3NS. The number of rotatable bonds is 0. The van der Waals surface area contributed by atoms with Crippen LogP contribution in [0.4, 0.5) is 13.2 Å². The third kappa shape index (κ3) is 2.50. The molecule has 0 aromatic rings. The number of hydrogen-bond acceptors (Lipinski definition) is 2. The second kappa shape index (κ2) is 3.80. The van der Waals surface area contributed by atoms with E-state index in [9.17, 15) is 13.2 Å². The van der Waals surface area contributed by atoms with Gasteiger partial charge in [-0.2, -0.15) is 13.2 Å². The van der Waals surface area contributed by atoms with Crippen molar-refractivity contribution in [3.8, 4) is 0 Å². The molecule has 2 fully saturated rings. The summed E-state index contributed by atoms with van der Waals surface area (Å²) in [6.07, 6.45) is -2.16. The van der Waals surface area contributed by atoms with Gasteiger partial charge in [0.1, 0.15) is 0 Å². The molecule has 1 nitrogen and oxygen atoms in total. The van der Waals surface area contributed by atoms with E-state index in [1.165, 1.54) is 0 Å². The fourth-order valence-electron chi connectivity index (χ4n) is 2.69. The van der Waals surface area contributed by atoms with E-state index in [1.54, 1.807) is 11.8 Å². The topological polar surface area (TPSA) is 12.0 Å². The molecule has 1 saturated heterocycles. The van der Waals surface area contributed by atoms with Gasteiger partial charge in [0.2, 0.25) is 0 Å². The van der Waals surface area contributed by atoms with Crippen molar-refractivity contribution < 1.29 is 13.2 Å².